The van der Waals surface area contributed by atoms with Gasteiger partial charge in [-0.2, -0.15) is 0 Å². The number of fused-ring (bicyclic) bond motifs is 1. The summed E-state index contributed by atoms with van der Waals surface area (Å²) in [6.45, 7) is 2.12. The van der Waals surface area contributed by atoms with Gasteiger partial charge in [-0.15, -0.1) is 11.3 Å². The number of rotatable bonds is 2. The molecule has 2 N–H and O–H groups in total. The van der Waals surface area contributed by atoms with Crippen molar-refractivity contribution in [3.63, 3.8) is 0 Å². The van der Waals surface area contributed by atoms with Crippen molar-refractivity contribution in [1.29, 1.82) is 0 Å². The van der Waals surface area contributed by atoms with E-state index in [9.17, 15) is 0 Å². The fourth-order valence-corrected chi connectivity index (χ4v) is 2.61. The first kappa shape index (κ1) is 9.06. The van der Waals surface area contributed by atoms with Crippen LogP contribution < -0.4 is 10.6 Å². The molecule has 1 atom stereocenters. The number of aromatic nitrogens is 2. The van der Waals surface area contributed by atoms with Crippen LogP contribution in [0.1, 0.15) is 6.42 Å². The average Bonchev–Trinajstić information content (AvgIpc) is 2.87. The molecule has 5 heteroatoms. The molecular weight excluding hydrogens is 208 g/mol. The largest absolute Gasteiger partial charge is 0.365 e. The highest BCUT2D eigenvalue weighted by Gasteiger charge is 2.15. The summed E-state index contributed by atoms with van der Waals surface area (Å²) in [5.41, 5.74) is 0. The third-order valence-corrected chi connectivity index (χ3v) is 3.48. The predicted octanol–water partition coefficient (Wildman–Crippen LogP) is 1.47. The molecule has 0 bridgehead atoms. The summed E-state index contributed by atoms with van der Waals surface area (Å²) in [6, 6.07) is 2.58. The Labute approximate surface area is 91.7 Å². The summed E-state index contributed by atoms with van der Waals surface area (Å²) < 4.78 is 0. The third-order valence-electron chi connectivity index (χ3n) is 2.66. The second kappa shape index (κ2) is 3.75. The zero-order valence-corrected chi connectivity index (χ0v) is 9.05. The lowest BCUT2D eigenvalue weighted by Crippen LogP contribution is -2.22. The fraction of sp³-hybridized carbons (Fsp3) is 0.400. The number of nitrogens with zero attached hydrogens (tertiary/aromatic N) is 2. The smallest absolute Gasteiger partial charge is 0.138 e. The van der Waals surface area contributed by atoms with Gasteiger partial charge in [0, 0.05) is 12.6 Å². The van der Waals surface area contributed by atoms with Crippen LogP contribution >= 0.6 is 11.3 Å². The zero-order valence-electron chi connectivity index (χ0n) is 8.23. The van der Waals surface area contributed by atoms with Gasteiger partial charge in [-0.1, -0.05) is 0 Å². The maximum Gasteiger partial charge on any atom is 0.138 e. The molecule has 1 unspecified atom stereocenters. The van der Waals surface area contributed by atoms with Crippen molar-refractivity contribution in [3.8, 4) is 0 Å². The predicted molar refractivity (Wildman–Crippen MR) is 62.3 cm³/mol. The van der Waals surface area contributed by atoms with Crippen molar-refractivity contribution in [1.82, 2.24) is 15.3 Å². The Morgan fingerprint density at radius 1 is 1.47 bits per heavy atom. The lowest BCUT2D eigenvalue weighted by Gasteiger charge is -2.12. The van der Waals surface area contributed by atoms with E-state index in [-0.39, 0.29) is 0 Å². The monoisotopic (exact) mass is 220 g/mol. The molecule has 15 heavy (non-hydrogen) atoms. The van der Waals surface area contributed by atoms with Gasteiger partial charge < -0.3 is 10.6 Å². The minimum absolute atomic E-state index is 0.503. The van der Waals surface area contributed by atoms with Crippen LogP contribution in [0.25, 0.3) is 10.2 Å². The van der Waals surface area contributed by atoms with Gasteiger partial charge in [0.25, 0.3) is 0 Å². The molecule has 0 aromatic carbocycles. The van der Waals surface area contributed by atoms with Gasteiger partial charge >= 0.3 is 0 Å². The SMILES string of the molecule is c1nc(NC2CCNC2)c2ccsc2n1. The molecule has 1 aliphatic rings. The van der Waals surface area contributed by atoms with Crippen molar-refractivity contribution in [2.24, 2.45) is 0 Å². The summed E-state index contributed by atoms with van der Waals surface area (Å²) in [4.78, 5) is 9.58. The Morgan fingerprint density at radius 2 is 2.47 bits per heavy atom. The van der Waals surface area contributed by atoms with Gasteiger partial charge in [-0.05, 0) is 24.4 Å². The first-order chi connectivity index (χ1) is 7.43. The minimum atomic E-state index is 0.503. The van der Waals surface area contributed by atoms with Crippen molar-refractivity contribution >= 4 is 27.4 Å². The molecule has 0 spiro atoms. The summed E-state index contributed by atoms with van der Waals surface area (Å²) >= 11 is 1.65. The molecule has 4 nitrogen and oxygen atoms in total. The van der Waals surface area contributed by atoms with E-state index < -0.39 is 0 Å². The molecule has 3 rings (SSSR count). The highest BCUT2D eigenvalue weighted by Crippen LogP contribution is 2.24. The molecule has 1 aliphatic heterocycles. The standard InChI is InChI=1S/C10H12N4S/c1-3-11-5-7(1)14-9-8-2-4-15-10(8)13-6-12-9/h2,4,6-7,11H,1,3,5H2,(H,12,13,14). The van der Waals surface area contributed by atoms with Gasteiger partial charge in [0.05, 0.1) is 5.39 Å². The third kappa shape index (κ3) is 1.68. The van der Waals surface area contributed by atoms with Crippen molar-refractivity contribution in [3.05, 3.63) is 17.8 Å². The molecule has 1 saturated heterocycles. The Balaban J connectivity index is 1.92. The van der Waals surface area contributed by atoms with E-state index >= 15 is 0 Å². The van der Waals surface area contributed by atoms with E-state index in [4.69, 9.17) is 0 Å². The van der Waals surface area contributed by atoms with E-state index in [0.29, 0.717) is 6.04 Å². The number of hydrogen-bond donors (Lipinski definition) is 2. The maximum atomic E-state index is 4.30. The lowest BCUT2D eigenvalue weighted by atomic mass is 10.2. The van der Waals surface area contributed by atoms with Crippen LogP contribution in [0, 0.1) is 0 Å². The minimum Gasteiger partial charge on any atom is -0.365 e. The van der Waals surface area contributed by atoms with E-state index in [2.05, 4.69) is 32.0 Å². The first-order valence-corrected chi connectivity index (χ1v) is 5.97. The van der Waals surface area contributed by atoms with E-state index in [0.717, 1.165) is 35.5 Å². The Morgan fingerprint density at radius 3 is 3.33 bits per heavy atom. The molecule has 1 fully saturated rings. The topological polar surface area (TPSA) is 49.8 Å². The van der Waals surface area contributed by atoms with Crippen LogP contribution in [0.2, 0.25) is 0 Å². The Bertz CT molecular complexity index is 461. The number of anilines is 1. The molecule has 3 heterocycles. The molecule has 0 saturated carbocycles. The van der Waals surface area contributed by atoms with Crippen LogP contribution in [-0.2, 0) is 0 Å². The first-order valence-electron chi connectivity index (χ1n) is 5.09. The number of thiophene rings is 1. The Kier molecular flexibility index (Phi) is 2.26. The van der Waals surface area contributed by atoms with E-state index in [1.54, 1.807) is 17.7 Å². The summed E-state index contributed by atoms with van der Waals surface area (Å²) in [5.74, 6) is 0.968. The molecule has 0 amide bonds. The molecular formula is C10H12N4S. The molecule has 0 aliphatic carbocycles. The van der Waals surface area contributed by atoms with Crippen LogP contribution in [0.5, 0.6) is 0 Å². The molecule has 2 aromatic heterocycles. The van der Waals surface area contributed by atoms with E-state index in [1.165, 1.54) is 0 Å². The van der Waals surface area contributed by atoms with Gasteiger partial charge in [0.15, 0.2) is 0 Å². The van der Waals surface area contributed by atoms with E-state index in [1.807, 2.05) is 0 Å². The van der Waals surface area contributed by atoms with Gasteiger partial charge in [-0.25, -0.2) is 9.97 Å². The molecule has 78 valence electrons. The lowest BCUT2D eigenvalue weighted by molar-refractivity contribution is 0.789. The second-order valence-corrected chi connectivity index (χ2v) is 4.59. The normalized spacial score (nSPS) is 20.9. The zero-order chi connectivity index (χ0) is 10.1. The van der Waals surface area contributed by atoms with Crippen molar-refractivity contribution in [2.75, 3.05) is 18.4 Å². The highest BCUT2D eigenvalue weighted by atomic mass is 32.1. The average molecular weight is 220 g/mol. The quantitative estimate of drug-likeness (QED) is 0.804. The van der Waals surface area contributed by atoms with Gasteiger partial charge in [0.1, 0.15) is 17.0 Å². The van der Waals surface area contributed by atoms with Crippen LogP contribution in [0.15, 0.2) is 17.8 Å². The molecule has 0 radical (unpaired) electrons. The van der Waals surface area contributed by atoms with Gasteiger partial charge in [0.2, 0.25) is 0 Å². The van der Waals surface area contributed by atoms with Gasteiger partial charge in [-0.3, -0.25) is 0 Å². The summed E-state index contributed by atoms with van der Waals surface area (Å²) in [5, 5.41) is 9.98. The molecule has 2 aromatic rings. The Hall–Kier alpha value is -1.20. The summed E-state index contributed by atoms with van der Waals surface area (Å²) in [7, 11) is 0. The highest BCUT2D eigenvalue weighted by molar-refractivity contribution is 7.16. The van der Waals surface area contributed by atoms with Crippen LogP contribution in [0.4, 0.5) is 5.82 Å². The fourth-order valence-electron chi connectivity index (χ4n) is 1.88. The second-order valence-electron chi connectivity index (χ2n) is 3.70. The van der Waals surface area contributed by atoms with Crippen molar-refractivity contribution < 1.29 is 0 Å². The van der Waals surface area contributed by atoms with Crippen LogP contribution in [0.3, 0.4) is 0 Å². The van der Waals surface area contributed by atoms with Crippen molar-refractivity contribution in [2.45, 2.75) is 12.5 Å². The van der Waals surface area contributed by atoms with Crippen LogP contribution in [-0.4, -0.2) is 29.1 Å². The number of hydrogen-bond acceptors (Lipinski definition) is 5. The number of nitrogens with one attached hydrogen (secondary N) is 2. The summed E-state index contributed by atoms with van der Waals surface area (Å²) in [6.07, 6.45) is 2.79. The maximum absolute atomic E-state index is 4.30.